The zero-order valence-electron chi connectivity index (χ0n) is 16.7. The lowest BCUT2D eigenvalue weighted by Crippen LogP contribution is -2.38. The third-order valence-corrected chi connectivity index (χ3v) is 4.89. The molecule has 0 bridgehead atoms. The number of nitrogens with zero attached hydrogens (tertiary/aromatic N) is 1. The van der Waals surface area contributed by atoms with Gasteiger partial charge in [-0.2, -0.15) is 0 Å². The van der Waals surface area contributed by atoms with Crippen LogP contribution in [0.1, 0.15) is 5.56 Å². The van der Waals surface area contributed by atoms with Gasteiger partial charge in [-0.1, -0.05) is 18.2 Å². The molecular formula is C20H28IN3O3S. The number of rotatable bonds is 9. The molecule has 0 heterocycles. The van der Waals surface area contributed by atoms with E-state index in [9.17, 15) is 0 Å². The fourth-order valence-corrected chi connectivity index (χ4v) is 3.29. The van der Waals surface area contributed by atoms with Crippen molar-refractivity contribution in [3.05, 3.63) is 48.0 Å². The van der Waals surface area contributed by atoms with Crippen LogP contribution < -0.4 is 24.8 Å². The standard InChI is InChI=1S/C20H27N3O3S.HI/c1-21-20(22-10-11-27-16-8-6-5-7-9-16)23-14-17-18(25-3)12-15(24-2)13-19(17)26-4;/h5-9,12-13H,10-11,14H2,1-4H3,(H2,21,22,23);1H. The van der Waals surface area contributed by atoms with E-state index in [2.05, 4.69) is 27.8 Å². The first kappa shape index (κ1) is 24.2. The molecule has 28 heavy (non-hydrogen) atoms. The molecule has 2 rings (SSSR count). The van der Waals surface area contributed by atoms with Gasteiger partial charge in [0.1, 0.15) is 17.2 Å². The highest BCUT2D eigenvalue weighted by Crippen LogP contribution is 2.33. The summed E-state index contributed by atoms with van der Waals surface area (Å²) < 4.78 is 16.2. The largest absolute Gasteiger partial charge is 0.496 e. The Labute approximate surface area is 188 Å². The minimum absolute atomic E-state index is 0. The van der Waals surface area contributed by atoms with Crippen LogP contribution in [0.15, 0.2) is 52.4 Å². The van der Waals surface area contributed by atoms with Crippen LogP contribution in [-0.2, 0) is 6.54 Å². The van der Waals surface area contributed by atoms with Crippen LogP contribution >= 0.6 is 35.7 Å². The first-order valence-corrected chi connectivity index (χ1v) is 9.61. The van der Waals surface area contributed by atoms with E-state index in [0.717, 1.165) is 23.8 Å². The van der Waals surface area contributed by atoms with Crippen LogP contribution in [0.5, 0.6) is 17.2 Å². The number of ether oxygens (including phenoxy) is 3. The van der Waals surface area contributed by atoms with Crippen molar-refractivity contribution in [1.82, 2.24) is 10.6 Å². The van der Waals surface area contributed by atoms with Crippen molar-refractivity contribution in [2.45, 2.75) is 11.4 Å². The zero-order chi connectivity index (χ0) is 19.5. The van der Waals surface area contributed by atoms with Crippen molar-refractivity contribution in [2.75, 3.05) is 40.7 Å². The van der Waals surface area contributed by atoms with E-state index in [1.165, 1.54) is 4.90 Å². The van der Waals surface area contributed by atoms with Crippen LogP contribution in [-0.4, -0.2) is 46.6 Å². The van der Waals surface area contributed by atoms with Crippen molar-refractivity contribution in [1.29, 1.82) is 0 Å². The SMILES string of the molecule is CN=C(NCCSc1ccccc1)NCc1c(OC)cc(OC)cc1OC.I. The summed E-state index contributed by atoms with van der Waals surface area (Å²) in [5.41, 5.74) is 0.905. The van der Waals surface area contributed by atoms with Crippen LogP contribution in [0.25, 0.3) is 0 Å². The number of hydrogen-bond acceptors (Lipinski definition) is 5. The van der Waals surface area contributed by atoms with Gasteiger partial charge in [0.25, 0.3) is 0 Å². The van der Waals surface area contributed by atoms with Crippen molar-refractivity contribution in [3.8, 4) is 17.2 Å². The lowest BCUT2D eigenvalue weighted by Gasteiger charge is -2.17. The molecular weight excluding hydrogens is 489 g/mol. The summed E-state index contributed by atoms with van der Waals surface area (Å²) in [6, 6.07) is 14.0. The number of aliphatic imine (C=N–C) groups is 1. The maximum atomic E-state index is 5.48. The monoisotopic (exact) mass is 517 g/mol. The second kappa shape index (κ2) is 13.4. The molecule has 0 aliphatic rings. The number of nitrogens with one attached hydrogen (secondary N) is 2. The fourth-order valence-electron chi connectivity index (χ4n) is 2.50. The summed E-state index contributed by atoms with van der Waals surface area (Å²) in [7, 11) is 6.63. The van der Waals surface area contributed by atoms with Crippen LogP contribution in [0.2, 0.25) is 0 Å². The molecule has 0 saturated carbocycles. The second-order valence-corrected chi connectivity index (χ2v) is 6.69. The Kier molecular flexibility index (Phi) is 11.6. The normalized spacial score (nSPS) is 10.6. The first-order chi connectivity index (χ1) is 13.2. The Bertz CT molecular complexity index is 720. The molecule has 0 fully saturated rings. The number of guanidine groups is 1. The average Bonchev–Trinajstić information content (AvgIpc) is 2.73. The highest BCUT2D eigenvalue weighted by molar-refractivity contribution is 14.0. The number of thioether (sulfide) groups is 1. The van der Waals surface area contributed by atoms with Crippen molar-refractivity contribution in [2.24, 2.45) is 4.99 Å². The summed E-state index contributed by atoms with van der Waals surface area (Å²) in [4.78, 5) is 5.53. The molecule has 0 atom stereocenters. The Morgan fingerprint density at radius 3 is 2.14 bits per heavy atom. The van der Waals surface area contributed by atoms with E-state index in [1.54, 1.807) is 40.1 Å². The Hall–Kier alpha value is -1.81. The molecule has 6 nitrogen and oxygen atoms in total. The predicted molar refractivity (Wildman–Crippen MR) is 127 cm³/mol. The Morgan fingerprint density at radius 1 is 0.964 bits per heavy atom. The van der Waals surface area contributed by atoms with E-state index in [-0.39, 0.29) is 24.0 Å². The third-order valence-electron chi connectivity index (χ3n) is 3.88. The maximum Gasteiger partial charge on any atom is 0.191 e. The van der Waals surface area contributed by atoms with Gasteiger partial charge in [-0.15, -0.1) is 35.7 Å². The molecule has 0 saturated heterocycles. The second-order valence-electron chi connectivity index (χ2n) is 5.52. The van der Waals surface area contributed by atoms with E-state index < -0.39 is 0 Å². The molecule has 154 valence electrons. The fraction of sp³-hybridized carbons (Fsp3) is 0.350. The number of benzene rings is 2. The molecule has 2 aromatic rings. The van der Waals surface area contributed by atoms with Crippen molar-refractivity contribution in [3.63, 3.8) is 0 Å². The molecule has 0 aliphatic carbocycles. The molecule has 0 unspecified atom stereocenters. The number of hydrogen-bond donors (Lipinski definition) is 2. The van der Waals surface area contributed by atoms with Gasteiger partial charge in [0.15, 0.2) is 5.96 Å². The van der Waals surface area contributed by atoms with Crippen LogP contribution in [0.4, 0.5) is 0 Å². The van der Waals surface area contributed by atoms with Gasteiger partial charge in [0, 0.05) is 36.4 Å². The Morgan fingerprint density at radius 2 is 1.61 bits per heavy atom. The molecule has 0 spiro atoms. The topological polar surface area (TPSA) is 64.1 Å². The molecule has 0 radical (unpaired) electrons. The van der Waals surface area contributed by atoms with Crippen LogP contribution in [0, 0.1) is 0 Å². The van der Waals surface area contributed by atoms with Gasteiger partial charge < -0.3 is 24.8 Å². The van der Waals surface area contributed by atoms with Gasteiger partial charge in [0.2, 0.25) is 0 Å². The smallest absolute Gasteiger partial charge is 0.191 e. The van der Waals surface area contributed by atoms with Gasteiger partial charge >= 0.3 is 0 Å². The van der Waals surface area contributed by atoms with Crippen LogP contribution in [0.3, 0.4) is 0 Å². The van der Waals surface area contributed by atoms with Gasteiger partial charge in [-0.25, -0.2) is 0 Å². The summed E-state index contributed by atoms with van der Waals surface area (Å²) in [6.45, 7) is 1.32. The number of halogens is 1. The first-order valence-electron chi connectivity index (χ1n) is 8.63. The molecule has 8 heteroatoms. The molecule has 2 aromatic carbocycles. The minimum Gasteiger partial charge on any atom is -0.496 e. The molecule has 0 aromatic heterocycles. The van der Waals surface area contributed by atoms with Gasteiger partial charge in [-0.3, -0.25) is 4.99 Å². The van der Waals surface area contributed by atoms with E-state index in [1.807, 2.05) is 30.3 Å². The summed E-state index contributed by atoms with van der Waals surface area (Å²) in [6.07, 6.45) is 0. The number of methoxy groups -OCH3 is 3. The Balaban J connectivity index is 0.00000392. The maximum absolute atomic E-state index is 5.48. The highest BCUT2D eigenvalue weighted by atomic mass is 127. The quantitative estimate of drug-likeness (QED) is 0.174. The van der Waals surface area contributed by atoms with E-state index in [0.29, 0.717) is 23.8 Å². The van der Waals surface area contributed by atoms with Crippen molar-refractivity contribution < 1.29 is 14.2 Å². The summed E-state index contributed by atoms with van der Waals surface area (Å²) >= 11 is 1.80. The lowest BCUT2D eigenvalue weighted by molar-refractivity contribution is 0.368. The zero-order valence-corrected chi connectivity index (χ0v) is 19.8. The lowest BCUT2D eigenvalue weighted by atomic mass is 10.1. The molecule has 2 N–H and O–H groups in total. The van der Waals surface area contributed by atoms with Crippen molar-refractivity contribution >= 4 is 41.7 Å². The van der Waals surface area contributed by atoms with Gasteiger partial charge in [0.05, 0.1) is 33.4 Å². The molecule has 0 amide bonds. The summed E-state index contributed by atoms with van der Waals surface area (Å²) in [5, 5.41) is 6.62. The van der Waals surface area contributed by atoms with E-state index >= 15 is 0 Å². The van der Waals surface area contributed by atoms with E-state index in [4.69, 9.17) is 14.2 Å². The molecule has 0 aliphatic heterocycles. The van der Waals surface area contributed by atoms with Gasteiger partial charge in [-0.05, 0) is 12.1 Å². The predicted octanol–water partition coefficient (Wildman–Crippen LogP) is 3.79. The third kappa shape index (κ3) is 7.31. The average molecular weight is 517 g/mol. The highest BCUT2D eigenvalue weighted by Gasteiger charge is 2.13. The summed E-state index contributed by atoms with van der Waals surface area (Å²) in [5.74, 6) is 3.76. The minimum atomic E-state index is 0.